The third kappa shape index (κ3) is 3.13. The van der Waals surface area contributed by atoms with Crippen molar-refractivity contribution in [2.75, 3.05) is 11.9 Å². The Balaban J connectivity index is 1.81. The average molecular weight is 350 g/mol. The number of hydrogen-bond acceptors (Lipinski definition) is 1. The van der Waals surface area contributed by atoms with Gasteiger partial charge in [-0.2, -0.15) is 0 Å². The summed E-state index contributed by atoms with van der Waals surface area (Å²) in [6, 6.07) is 8.27. The summed E-state index contributed by atoms with van der Waals surface area (Å²) < 4.78 is 15.5. The van der Waals surface area contributed by atoms with Crippen LogP contribution in [-0.2, 0) is 6.54 Å². The number of aromatic nitrogens is 1. The topological polar surface area (TPSA) is 37.3 Å². The first-order chi connectivity index (χ1) is 11.5. The maximum Gasteiger partial charge on any atom is 0.322 e. The number of anilines is 1. The second kappa shape index (κ2) is 6.85. The molecule has 0 saturated carbocycles. The van der Waals surface area contributed by atoms with Crippen LogP contribution >= 0.6 is 11.6 Å². The van der Waals surface area contributed by atoms with E-state index in [2.05, 4.69) is 35.9 Å². The molecule has 1 unspecified atom stereocenters. The fraction of sp³-hybridized carbons (Fsp3) is 0.389. The van der Waals surface area contributed by atoms with Crippen LogP contribution in [0.3, 0.4) is 0 Å². The van der Waals surface area contributed by atoms with E-state index in [4.69, 9.17) is 11.6 Å². The van der Waals surface area contributed by atoms with Gasteiger partial charge in [0.1, 0.15) is 5.82 Å². The van der Waals surface area contributed by atoms with Gasteiger partial charge >= 0.3 is 6.03 Å². The van der Waals surface area contributed by atoms with Crippen molar-refractivity contribution in [3.05, 3.63) is 52.6 Å². The molecular formula is C18H21ClFN3O. The minimum atomic E-state index is -0.496. The zero-order valence-electron chi connectivity index (χ0n) is 13.9. The van der Waals surface area contributed by atoms with Crippen molar-refractivity contribution < 1.29 is 9.18 Å². The maximum atomic E-state index is 13.3. The Labute approximate surface area is 146 Å². The van der Waals surface area contributed by atoms with Crippen LogP contribution < -0.4 is 5.32 Å². The van der Waals surface area contributed by atoms with Gasteiger partial charge in [-0.1, -0.05) is 24.9 Å². The number of aryl methyl sites for hydroxylation is 1. The lowest BCUT2D eigenvalue weighted by Gasteiger charge is -2.37. The summed E-state index contributed by atoms with van der Waals surface area (Å²) in [6.07, 6.45) is 1.89. The summed E-state index contributed by atoms with van der Waals surface area (Å²) in [4.78, 5) is 14.6. The number of halogens is 2. The number of urea groups is 1. The monoisotopic (exact) mass is 349 g/mol. The maximum absolute atomic E-state index is 13.3. The van der Waals surface area contributed by atoms with Crippen molar-refractivity contribution in [3.63, 3.8) is 0 Å². The number of nitrogens with zero attached hydrogens (tertiary/aromatic N) is 2. The normalized spacial score (nSPS) is 16.8. The van der Waals surface area contributed by atoms with Crippen LogP contribution in [0.5, 0.6) is 0 Å². The van der Waals surface area contributed by atoms with Crippen LogP contribution in [0.25, 0.3) is 0 Å². The lowest BCUT2D eigenvalue weighted by Crippen LogP contribution is -2.44. The number of benzene rings is 1. The molecule has 1 aliphatic rings. The lowest BCUT2D eigenvalue weighted by molar-refractivity contribution is 0.162. The van der Waals surface area contributed by atoms with Crippen LogP contribution in [0.15, 0.2) is 30.3 Å². The van der Waals surface area contributed by atoms with E-state index in [9.17, 15) is 9.18 Å². The molecule has 1 atom stereocenters. The standard InChI is InChI=1S/C18H21ClFN3O/c1-3-4-16-17-8-5-12(2)22(17)9-10-23(16)18(24)21-13-6-7-15(20)14(19)11-13/h5-8,11,16H,3-4,9-10H2,1-2H3,(H,21,24). The molecule has 1 aromatic carbocycles. The Hall–Kier alpha value is -2.01. The van der Waals surface area contributed by atoms with Crippen molar-refractivity contribution in [2.24, 2.45) is 0 Å². The Morgan fingerprint density at radius 1 is 1.33 bits per heavy atom. The van der Waals surface area contributed by atoms with E-state index in [0.29, 0.717) is 12.2 Å². The van der Waals surface area contributed by atoms with Crippen molar-refractivity contribution in [1.29, 1.82) is 0 Å². The molecule has 1 N–H and O–H groups in total. The van der Waals surface area contributed by atoms with Crippen molar-refractivity contribution in [2.45, 2.75) is 39.3 Å². The molecule has 2 heterocycles. The number of carbonyl (C=O) groups excluding carboxylic acids is 1. The zero-order valence-corrected chi connectivity index (χ0v) is 14.6. The van der Waals surface area contributed by atoms with Gasteiger partial charge in [-0.05, 0) is 43.7 Å². The van der Waals surface area contributed by atoms with Crippen LogP contribution in [-0.4, -0.2) is 22.0 Å². The first-order valence-electron chi connectivity index (χ1n) is 8.20. The highest BCUT2D eigenvalue weighted by Gasteiger charge is 2.31. The van der Waals surface area contributed by atoms with Crippen molar-refractivity contribution in [3.8, 4) is 0 Å². The Morgan fingerprint density at radius 3 is 2.83 bits per heavy atom. The van der Waals surface area contributed by atoms with E-state index in [1.54, 1.807) is 0 Å². The number of fused-ring (bicyclic) bond motifs is 1. The Bertz CT molecular complexity index is 759. The van der Waals surface area contributed by atoms with Gasteiger partial charge < -0.3 is 14.8 Å². The number of rotatable bonds is 3. The molecule has 1 aliphatic heterocycles. The van der Waals surface area contributed by atoms with Gasteiger partial charge in [-0.25, -0.2) is 9.18 Å². The predicted octanol–water partition coefficient (Wildman–Crippen LogP) is 4.98. The molecule has 6 heteroatoms. The van der Waals surface area contributed by atoms with Gasteiger partial charge in [0.15, 0.2) is 0 Å². The molecule has 0 saturated heterocycles. The smallest absolute Gasteiger partial charge is 0.322 e. The minimum Gasteiger partial charge on any atom is -0.345 e. The molecule has 4 nitrogen and oxygen atoms in total. The van der Waals surface area contributed by atoms with Crippen molar-refractivity contribution in [1.82, 2.24) is 9.47 Å². The molecular weight excluding hydrogens is 329 g/mol. The first kappa shape index (κ1) is 16.8. The van der Waals surface area contributed by atoms with E-state index in [1.807, 2.05) is 4.90 Å². The second-order valence-electron chi connectivity index (χ2n) is 6.11. The molecule has 0 bridgehead atoms. The summed E-state index contributed by atoms with van der Waals surface area (Å²) in [5, 5.41) is 2.83. The van der Waals surface area contributed by atoms with Gasteiger partial charge in [0.25, 0.3) is 0 Å². The zero-order chi connectivity index (χ0) is 17.3. The largest absolute Gasteiger partial charge is 0.345 e. The number of carbonyl (C=O) groups is 1. The van der Waals surface area contributed by atoms with E-state index in [0.717, 1.165) is 19.4 Å². The molecule has 1 aromatic heterocycles. The predicted molar refractivity (Wildman–Crippen MR) is 94.0 cm³/mol. The average Bonchev–Trinajstić information content (AvgIpc) is 2.93. The highest BCUT2D eigenvalue weighted by Crippen LogP contribution is 2.32. The van der Waals surface area contributed by atoms with Crippen LogP contribution in [0.1, 0.15) is 37.2 Å². The van der Waals surface area contributed by atoms with Gasteiger partial charge in [0.05, 0.1) is 11.1 Å². The van der Waals surface area contributed by atoms with Gasteiger partial charge in [-0.15, -0.1) is 0 Å². The molecule has 0 radical (unpaired) electrons. The summed E-state index contributed by atoms with van der Waals surface area (Å²) in [6.45, 7) is 5.63. The van der Waals surface area contributed by atoms with Crippen molar-refractivity contribution >= 4 is 23.3 Å². The number of amides is 2. The summed E-state index contributed by atoms with van der Waals surface area (Å²) in [7, 11) is 0. The summed E-state index contributed by atoms with van der Waals surface area (Å²) >= 11 is 5.79. The van der Waals surface area contributed by atoms with E-state index in [1.165, 1.54) is 29.6 Å². The van der Waals surface area contributed by atoms with E-state index < -0.39 is 5.82 Å². The molecule has 3 rings (SSSR count). The molecule has 0 fully saturated rings. The molecule has 2 amide bonds. The SMILES string of the molecule is CCCC1c2ccc(C)n2CCN1C(=O)Nc1ccc(F)c(Cl)c1. The third-order valence-corrected chi connectivity index (χ3v) is 4.80. The highest BCUT2D eigenvalue weighted by atomic mass is 35.5. The Kier molecular flexibility index (Phi) is 4.81. The van der Waals surface area contributed by atoms with Gasteiger partial charge in [-0.3, -0.25) is 0 Å². The van der Waals surface area contributed by atoms with E-state index in [-0.39, 0.29) is 17.1 Å². The van der Waals surface area contributed by atoms with E-state index >= 15 is 0 Å². The summed E-state index contributed by atoms with van der Waals surface area (Å²) in [5.74, 6) is -0.496. The van der Waals surface area contributed by atoms with Gasteiger partial charge in [0.2, 0.25) is 0 Å². The Morgan fingerprint density at radius 2 is 2.12 bits per heavy atom. The first-order valence-corrected chi connectivity index (χ1v) is 8.57. The molecule has 24 heavy (non-hydrogen) atoms. The molecule has 128 valence electrons. The molecule has 2 aromatic rings. The number of nitrogens with one attached hydrogen (secondary N) is 1. The second-order valence-corrected chi connectivity index (χ2v) is 6.52. The molecule has 0 spiro atoms. The fourth-order valence-electron chi connectivity index (χ4n) is 3.30. The minimum absolute atomic E-state index is 0.000975. The fourth-order valence-corrected chi connectivity index (χ4v) is 3.48. The van der Waals surface area contributed by atoms with Crippen LogP contribution in [0.2, 0.25) is 5.02 Å². The lowest BCUT2D eigenvalue weighted by atomic mass is 10.0. The van der Waals surface area contributed by atoms with Gasteiger partial charge in [0, 0.05) is 30.2 Å². The highest BCUT2D eigenvalue weighted by molar-refractivity contribution is 6.31. The van der Waals surface area contributed by atoms with Crippen LogP contribution in [0.4, 0.5) is 14.9 Å². The molecule has 0 aliphatic carbocycles. The van der Waals surface area contributed by atoms with Crippen LogP contribution in [0, 0.1) is 12.7 Å². The summed E-state index contributed by atoms with van der Waals surface area (Å²) in [5.41, 5.74) is 2.89. The third-order valence-electron chi connectivity index (χ3n) is 4.51. The quantitative estimate of drug-likeness (QED) is 0.833. The number of hydrogen-bond donors (Lipinski definition) is 1.